The highest BCUT2D eigenvalue weighted by molar-refractivity contribution is 5.92. The molecule has 0 aliphatic rings. The van der Waals surface area contributed by atoms with Crippen molar-refractivity contribution in [1.82, 2.24) is 15.1 Å². The first kappa shape index (κ1) is 13.2. The maximum Gasteiger partial charge on any atom is 0.303 e. The fourth-order valence-corrected chi connectivity index (χ4v) is 1.28. The molecule has 6 heteroatoms. The lowest BCUT2D eigenvalue weighted by molar-refractivity contribution is -0.137. The molecule has 0 radical (unpaired) electrons. The quantitative estimate of drug-likeness (QED) is 0.727. The third kappa shape index (κ3) is 4.26. The summed E-state index contributed by atoms with van der Waals surface area (Å²) in [6.45, 7) is 4.29. The van der Waals surface area contributed by atoms with E-state index >= 15 is 0 Å². The summed E-state index contributed by atoms with van der Waals surface area (Å²) in [5, 5.41) is 15.2. The van der Waals surface area contributed by atoms with Gasteiger partial charge in [-0.25, -0.2) is 0 Å². The molecule has 2 N–H and O–H groups in total. The summed E-state index contributed by atoms with van der Waals surface area (Å²) in [6, 6.07) is 1.86. The van der Waals surface area contributed by atoms with Crippen molar-refractivity contribution in [3.63, 3.8) is 0 Å². The van der Waals surface area contributed by atoms with Crippen LogP contribution < -0.4 is 5.32 Å². The van der Waals surface area contributed by atoms with Gasteiger partial charge in [-0.15, -0.1) is 0 Å². The number of rotatable bonds is 6. The number of carbonyl (C=O) groups excluding carboxylic acids is 1. The summed E-state index contributed by atoms with van der Waals surface area (Å²) >= 11 is 0. The second-order valence-corrected chi connectivity index (χ2v) is 4.03. The molecular formula is C11H17N3O3. The number of carbonyl (C=O) groups is 2. The van der Waals surface area contributed by atoms with Crippen LogP contribution in [0.4, 0.5) is 0 Å². The average Bonchev–Trinajstić information content (AvgIpc) is 2.73. The van der Waals surface area contributed by atoms with Gasteiger partial charge in [0.2, 0.25) is 0 Å². The van der Waals surface area contributed by atoms with Gasteiger partial charge in [0.1, 0.15) is 5.69 Å². The zero-order valence-electron chi connectivity index (χ0n) is 10.0. The highest BCUT2D eigenvalue weighted by Gasteiger charge is 2.09. The van der Waals surface area contributed by atoms with E-state index in [-0.39, 0.29) is 18.4 Å². The molecule has 0 bridgehead atoms. The average molecular weight is 239 g/mol. The number of hydrogen-bond donors (Lipinski definition) is 2. The Hall–Kier alpha value is -1.85. The van der Waals surface area contributed by atoms with Crippen LogP contribution in [-0.4, -0.2) is 33.3 Å². The molecule has 0 aliphatic heterocycles. The Labute approximate surface area is 99.6 Å². The van der Waals surface area contributed by atoms with Gasteiger partial charge in [0.05, 0.1) is 0 Å². The lowest BCUT2D eigenvalue weighted by atomic mass is 10.3. The number of nitrogens with one attached hydrogen (secondary N) is 1. The Morgan fingerprint density at radius 3 is 2.76 bits per heavy atom. The summed E-state index contributed by atoms with van der Waals surface area (Å²) in [4.78, 5) is 21.9. The number of nitrogens with zero attached hydrogens (tertiary/aromatic N) is 2. The Balaban J connectivity index is 2.39. The van der Waals surface area contributed by atoms with Crippen LogP contribution in [0, 0.1) is 0 Å². The van der Waals surface area contributed by atoms with Crippen LogP contribution in [0.5, 0.6) is 0 Å². The van der Waals surface area contributed by atoms with Crippen molar-refractivity contribution in [2.45, 2.75) is 32.7 Å². The summed E-state index contributed by atoms with van der Waals surface area (Å²) in [5.41, 5.74) is 0.356. The minimum atomic E-state index is -0.858. The third-order valence-corrected chi connectivity index (χ3v) is 2.22. The van der Waals surface area contributed by atoms with Gasteiger partial charge in [0.15, 0.2) is 0 Å². The van der Waals surface area contributed by atoms with Crippen molar-refractivity contribution in [2.75, 3.05) is 6.54 Å². The summed E-state index contributed by atoms with van der Waals surface area (Å²) in [5.74, 6) is -1.13. The lowest BCUT2D eigenvalue weighted by Gasteiger charge is -2.04. The zero-order chi connectivity index (χ0) is 12.8. The van der Waals surface area contributed by atoms with E-state index < -0.39 is 5.97 Å². The molecule has 1 amide bonds. The van der Waals surface area contributed by atoms with Gasteiger partial charge in [-0.2, -0.15) is 5.10 Å². The predicted octanol–water partition coefficient (Wildman–Crippen LogP) is 1.06. The lowest BCUT2D eigenvalue weighted by Crippen LogP contribution is -2.25. The fourth-order valence-electron chi connectivity index (χ4n) is 1.28. The molecule has 17 heavy (non-hydrogen) atoms. The summed E-state index contributed by atoms with van der Waals surface area (Å²) < 4.78 is 1.70. The van der Waals surface area contributed by atoms with E-state index in [4.69, 9.17) is 5.11 Å². The van der Waals surface area contributed by atoms with Crippen LogP contribution in [0.2, 0.25) is 0 Å². The molecule has 6 nitrogen and oxygen atoms in total. The monoisotopic (exact) mass is 239 g/mol. The largest absolute Gasteiger partial charge is 0.481 e. The topological polar surface area (TPSA) is 84.2 Å². The minimum absolute atomic E-state index is 0.0563. The van der Waals surface area contributed by atoms with Gasteiger partial charge in [-0.1, -0.05) is 0 Å². The molecule has 0 spiro atoms. The second-order valence-electron chi connectivity index (χ2n) is 4.03. The molecule has 94 valence electrons. The van der Waals surface area contributed by atoms with Crippen molar-refractivity contribution in [3.8, 4) is 0 Å². The summed E-state index contributed by atoms with van der Waals surface area (Å²) in [7, 11) is 0. The van der Waals surface area contributed by atoms with E-state index in [0.29, 0.717) is 18.7 Å². The second kappa shape index (κ2) is 6.03. The normalized spacial score (nSPS) is 10.5. The van der Waals surface area contributed by atoms with Crippen molar-refractivity contribution >= 4 is 11.9 Å². The zero-order valence-corrected chi connectivity index (χ0v) is 10.0. The Morgan fingerprint density at radius 2 is 2.24 bits per heavy atom. The Morgan fingerprint density at radius 1 is 1.53 bits per heavy atom. The van der Waals surface area contributed by atoms with Crippen molar-refractivity contribution in [1.29, 1.82) is 0 Å². The highest BCUT2D eigenvalue weighted by atomic mass is 16.4. The number of carboxylic acid groups (broad SMARTS) is 1. The van der Waals surface area contributed by atoms with Crippen LogP contribution >= 0.6 is 0 Å². The summed E-state index contributed by atoms with van der Waals surface area (Å²) in [6.07, 6.45) is 2.23. The predicted molar refractivity (Wildman–Crippen MR) is 61.8 cm³/mol. The Kier molecular flexibility index (Phi) is 4.68. The van der Waals surface area contributed by atoms with E-state index in [1.54, 1.807) is 16.9 Å². The molecule has 0 saturated carbocycles. The first-order chi connectivity index (χ1) is 8.00. The highest BCUT2D eigenvalue weighted by Crippen LogP contribution is 2.03. The van der Waals surface area contributed by atoms with E-state index in [1.165, 1.54) is 0 Å². The van der Waals surface area contributed by atoms with E-state index in [0.717, 1.165) is 0 Å². The number of hydrogen-bond acceptors (Lipinski definition) is 3. The van der Waals surface area contributed by atoms with Gasteiger partial charge in [-0.3, -0.25) is 14.3 Å². The number of aromatic nitrogens is 2. The molecule has 1 rings (SSSR count). The number of amides is 1. The van der Waals surface area contributed by atoms with Gasteiger partial charge in [-0.05, 0) is 26.3 Å². The molecule has 0 unspecified atom stereocenters. The van der Waals surface area contributed by atoms with Crippen LogP contribution in [0.25, 0.3) is 0 Å². The van der Waals surface area contributed by atoms with Crippen LogP contribution in [-0.2, 0) is 4.79 Å². The molecule has 0 aliphatic carbocycles. The van der Waals surface area contributed by atoms with Crippen molar-refractivity contribution < 1.29 is 14.7 Å². The van der Waals surface area contributed by atoms with E-state index in [9.17, 15) is 9.59 Å². The van der Waals surface area contributed by atoms with Crippen LogP contribution in [0.15, 0.2) is 12.3 Å². The van der Waals surface area contributed by atoms with Gasteiger partial charge >= 0.3 is 5.97 Å². The molecule has 1 aromatic heterocycles. The maximum absolute atomic E-state index is 11.6. The number of aliphatic carboxylic acids is 1. The first-order valence-corrected chi connectivity index (χ1v) is 5.56. The fraction of sp³-hybridized carbons (Fsp3) is 0.545. The van der Waals surface area contributed by atoms with Crippen LogP contribution in [0.1, 0.15) is 43.2 Å². The number of carboxylic acids is 1. The smallest absolute Gasteiger partial charge is 0.303 e. The molecule has 1 aromatic rings. The van der Waals surface area contributed by atoms with Gasteiger partial charge in [0, 0.05) is 25.2 Å². The minimum Gasteiger partial charge on any atom is -0.481 e. The molecule has 0 saturated heterocycles. The van der Waals surface area contributed by atoms with Crippen LogP contribution in [0.3, 0.4) is 0 Å². The molecule has 1 heterocycles. The van der Waals surface area contributed by atoms with E-state index in [2.05, 4.69) is 10.4 Å². The first-order valence-electron chi connectivity index (χ1n) is 5.56. The molecule has 0 aromatic carbocycles. The molecular weight excluding hydrogens is 222 g/mol. The standard InChI is InChI=1S/C11H17N3O3/c1-8(2)14-7-5-9(13-14)11(17)12-6-3-4-10(15)16/h5,7-8H,3-4,6H2,1-2H3,(H,12,17)(H,15,16). The van der Waals surface area contributed by atoms with E-state index in [1.807, 2.05) is 13.8 Å². The van der Waals surface area contributed by atoms with Crippen molar-refractivity contribution in [3.05, 3.63) is 18.0 Å². The van der Waals surface area contributed by atoms with Gasteiger partial charge in [0.25, 0.3) is 5.91 Å². The molecule has 0 fully saturated rings. The third-order valence-electron chi connectivity index (χ3n) is 2.22. The maximum atomic E-state index is 11.6. The SMILES string of the molecule is CC(C)n1ccc(C(=O)NCCCC(=O)O)n1. The Bertz CT molecular complexity index is 398. The van der Waals surface area contributed by atoms with Gasteiger partial charge < -0.3 is 10.4 Å². The van der Waals surface area contributed by atoms with Crippen molar-refractivity contribution in [2.24, 2.45) is 0 Å². The molecule has 0 atom stereocenters.